The third kappa shape index (κ3) is 4.49. The number of ether oxygens (including phenoxy) is 1. The first-order chi connectivity index (χ1) is 15.3. The number of carbonyl (C=O) groups excluding carboxylic acids is 2. The third-order valence-electron chi connectivity index (χ3n) is 4.59. The summed E-state index contributed by atoms with van der Waals surface area (Å²) in [4.78, 5) is 30.6. The minimum Gasteiger partial charge on any atom is -0.452 e. The smallest absolute Gasteiger partial charge is 0.339 e. The largest absolute Gasteiger partial charge is 0.452 e. The lowest BCUT2D eigenvalue weighted by Gasteiger charge is -2.10. The van der Waals surface area contributed by atoms with Crippen LogP contribution in [-0.4, -0.2) is 33.2 Å². The first-order valence-electron chi connectivity index (χ1n) is 9.67. The lowest BCUT2D eigenvalue weighted by atomic mass is 10.1. The molecule has 4 aromatic rings. The maximum absolute atomic E-state index is 13.8. The van der Waals surface area contributed by atoms with Gasteiger partial charge in [-0.2, -0.15) is 5.10 Å². The molecule has 7 nitrogen and oxygen atoms in total. The van der Waals surface area contributed by atoms with Gasteiger partial charge in [-0.15, -0.1) is 11.3 Å². The molecule has 0 fully saturated rings. The molecule has 0 aliphatic carbocycles. The summed E-state index contributed by atoms with van der Waals surface area (Å²) in [6.45, 7) is 3.33. The standard InChI is InChI=1S/C22H18ClFN4O3S/c1-12(2)28-21-15(10-25-28)14(9-18(27-21)19-4-3-7-32-19)22(30)31-11-20(29)26-17-8-13(23)5-6-16(17)24/h3-10,12H,11H2,1-2H3,(H,26,29). The first-order valence-corrected chi connectivity index (χ1v) is 10.9. The van der Waals surface area contributed by atoms with E-state index >= 15 is 0 Å². The molecule has 0 saturated heterocycles. The molecule has 4 rings (SSSR count). The molecule has 3 heterocycles. The van der Waals surface area contributed by atoms with Crippen molar-refractivity contribution in [3.63, 3.8) is 0 Å². The van der Waals surface area contributed by atoms with Crippen molar-refractivity contribution in [2.24, 2.45) is 0 Å². The van der Waals surface area contributed by atoms with E-state index < -0.39 is 24.3 Å². The van der Waals surface area contributed by atoms with E-state index in [-0.39, 0.29) is 22.3 Å². The van der Waals surface area contributed by atoms with Gasteiger partial charge in [-0.05, 0) is 49.6 Å². The normalized spacial score (nSPS) is 11.2. The first kappa shape index (κ1) is 21.9. The fraction of sp³-hybridized carbons (Fsp3) is 0.182. The van der Waals surface area contributed by atoms with Crippen molar-refractivity contribution in [1.29, 1.82) is 0 Å². The topological polar surface area (TPSA) is 86.1 Å². The van der Waals surface area contributed by atoms with Crippen LogP contribution in [0.3, 0.4) is 0 Å². The minimum atomic E-state index is -0.708. The predicted molar refractivity (Wildman–Crippen MR) is 122 cm³/mol. The van der Waals surface area contributed by atoms with Gasteiger partial charge in [0.2, 0.25) is 0 Å². The average molecular weight is 473 g/mol. The Bertz CT molecular complexity index is 1300. The zero-order chi connectivity index (χ0) is 22.8. The molecule has 164 valence electrons. The summed E-state index contributed by atoms with van der Waals surface area (Å²) in [6, 6.07) is 9.22. The van der Waals surface area contributed by atoms with Gasteiger partial charge in [-0.25, -0.2) is 18.9 Å². The van der Waals surface area contributed by atoms with E-state index in [0.717, 1.165) is 10.9 Å². The highest BCUT2D eigenvalue weighted by molar-refractivity contribution is 7.13. The Kier molecular flexibility index (Phi) is 6.20. The maximum Gasteiger partial charge on any atom is 0.339 e. The van der Waals surface area contributed by atoms with Gasteiger partial charge in [-0.3, -0.25) is 4.79 Å². The molecule has 0 unspecified atom stereocenters. The van der Waals surface area contributed by atoms with E-state index in [4.69, 9.17) is 16.3 Å². The number of hydrogen-bond donors (Lipinski definition) is 1. The van der Waals surface area contributed by atoms with Crippen LogP contribution in [0.4, 0.5) is 10.1 Å². The molecule has 0 atom stereocenters. The number of hydrogen-bond acceptors (Lipinski definition) is 6. The minimum absolute atomic E-state index is 0.0285. The molecule has 3 aromatic heterocycles. The van der Waals surface area contributed by atoms with Crippen LogP contribution in [0.2, 0.25) is 5.02 Å². The van der Waals surface area contributed by atoms with Crippen molar-refractivity contribution in [2.45, 2.75) is 19.9 Å². The van der Waals surface area contributed by atoms with Crippen LogP contribution in [0.1, 0.15) is 30.2 Å². The highest BCUT2D eigenvalue weighted by Gasteiger charge is 2.21. The number of nitrogens with one attached hydrogen (secondary N) is 1. The van der Waals surface area contributed by atoms with Crippen LogP contribution >= 0.6 is 22.9 Å². The lowest BCUT2D eigenvalue weighted by molar-refractivity contribution is -0.119. The zero-order valence-electron chi connectivity index (χ0n) is 17.1. The molecule has 0 aliphatic heterocycles. The highest BCUT2D eigenvalue weighted by Crippen LogP contribution is 2.29. The van der Waals surface area contributed by atoms with Gasteiger partial charge >= 0.3 is 5.97 Å². The fourth-order valence-electron chi connectivity index (χ4n) is 3.10. The second kappa shape index (κ2) is 9.05. The zero-order valence-corrected chi connectivity index (χ0v) is 18.7. The van der Waals surface area contributed by atoms with Crippen LogP contribution < -0.4 is 5.32 Å². The SMILES string of the molecule is CC(C)n1ncc2c(C(=O)OCC(=O)Nc3cc(Cl)ccc3F)cc(-c3cccs3)nc21. The molecule has 1 aromatic carbocycles. The third-order valence-corrected chi connectivity index (χ3v) is 5.71. The number of rotatable bonds is 6. The average Bonchev–Trinajstić information content (AvgIpc) is 3.43. The molecule has 1 amide bonds. The van der Waals surface area contributed by atoms with Crippen molar-refractivity contribution in [2.75, 3.05) is 11.9 Å². The number of pyridine rings is 1. The van der Waals surface area contributed by atoms with Crippen molar-refractivity contribution in [3.05, 3.63) is 64.4 Å². The summed E-state index contributed by atoms with van der Waals surface area (Å²) >= 11 is 7.32. The summed E-state index contributed by atoms with van der Waals surface area (Å²) in [5.74, 6) is -2.05. The van der Waals surface area contributed by atoms with Gasteiger partial charge in [0, 0.05) is 11.1 Å². The number of thiophene rings is 1. The fourth-order valence-corrected chi connectivity index (χ4v) is 3.96. The molecular formula is C22H18ClFN4O3S. The number of aromatic nitrogens is 3. The number of nitrogens with zero attached hydrogens (tertiary/aromatic N) is 3. The Hall–Kier alpha value is -3.30. The summed E-state index contributed by atoms with van der Waals surface area (Å²) in [5, 5.41) is 9.39. The van der Waals surface area contributed by atoms with Gasteiger partial charge in [0.15, 0.2) is 12.3 Å². The van der Waals surface area contributed by atoms with E-state index in [2.05, 4.69) is 15.4 Å². The van der Waals surface area contributed by atoms with Gasteiger partial charge in [0.25, 0.3) is 5.91 Å². The Morgan fingerprint density at radius 1 is 1.28 bits per heavy atom. The number of halogens is 2. The van der Waals surface area contributed by atoms with E-state index in [1.807, 2.05) is 31.4 Å². The Labute approximate surface area is 191 Å². The maximum atomic E-state index is 13.8. The molecule has 0 radical (unpaired) electrons. The van der Waals surface area contributed by atoms with E-state index in [1.165, 1.54) is 23.5 Å². The highest BCUT2D eigenvalue weighted by atomic mass is 35.5. The molecule has 0 saturated carbocycles. The Morgan fingerprint density at radius 3 is 2.81 bits per heavy atom. The van der Waals surface area contributed by atoms with Crippen LogP contribution in [-0.2, 0) is 9.53 Å². The number of benzene rings is 1. The number of esters is 1. The summed E-state index contributed by atoms with van der Waals surface area (Å²) in [6.07, 6.45) is 1.55. The van der Waals surface area contributed by atoms with Crippen LogP contribution in [0, 0.1) is 5.82 Å². The molecule has 0 aliphatic rings. The van der Waals surface area contributed by atoms with Gasteiger partial charge in [0.05, 0.1) is 33.4 Å². The molecule has 0 spiro atoms. The number of carbonyl (C=O) groups is 2. The van der Waals surface area contributed by atoms with Crippen LogP contribution in [0.5, 0.6) is 0 Å². The van der Waals surface area contributed by atoms with Crippen LogP contribution in [0.25, 0.3) is 21.6 Å². The molecular weight excluding hydrogens is 455 g/mol. The van der Waals surface area contributed by atoms with Gasteiger partial charge in [-0.1, -0.05) is 17.7 Å². The van der Waals surface area contributed by atoms with Crippen molar-refractivity contribution < 1.29 is 18.7 Å². The summed E-state index contributed by atoms with van der Waals surface area (Å²) in [7, 11) is 0. The van der Waals surface area contributed by atoms with E-state index in [0.29, 0.717) is 16.7 Å². The Balaban J connectivity index is 1.59. The molecule has 10 heteroatoms. The second-order valence-corrected chi connectivity index (χ2v) is 8.59. The van der Waals surface area contributed by atoms with Gasteiger partial charge < -0.3 is 10.1 Å². The predicted octanol–water partition coefficient (Wildman–Crippen LogP) is 5.33. The van der Waals surface area contributed by atoms with Crippen molar-refractivity contribution in [3.8, 4) is 10.6 Å². The molecule has 1 N–H and O–H groups in total. The number of amides is 1. The Morgan fingerprint density at radius 2 is 2.09 bits per heavy atom. The monoisotopic (exact) mass is 472 g/mol. The number of fused-ring (bicyclic) bond motifs is 1. The molecule has 0 bridgehead atoms. The summed E-state index contributed by atoms with van der Waals surface area (Å²) < 4.78 is 20.8. The van der Waals surface area contributed by atoms with E-state index in [1.54, 1.807) is 16.9 Å². The quantitative estimate of drug-likeness (QED) is 0.383. The van der Waals surface area contributed by atoms with Gasteiger partial charge in [0.1, 0.15) is 5.82 Å². The number of anilines is 1. The second-order valence-electron chi connectivity index (χ2n) is 7.20. The summed E-state index contributed by atoms with van der Waals surface area (Å²) in [5.41, 5.74) is 1.30. The lowest BCUT2D eigenvalue weighted by Crippen LogP contribution is -2.21. The van der Waals surface area contributed by atoms with Crippen molar-refractivity contribution >= 4 is 51.5 Å². The molecule has 32 heavy (non-hydrogen) atoms. The van der Waals surface area contributed by atoms with Crippen LogP contribution in [0.15, 0.2) is 48.0 Å². The van der Waals surface area contributed by atoms with Crippen molar-refractivity contribution in [1.82, 2.24) is 14.8 Å². The van der Waals surface area contributed by atoms with E-state index in [9.17, 15) is 14.0 Å².